The van der Waals surface area contributed by atoms with Crippen molar-refractivity contribution in [2.24, 2.45) is 21.9 Å². The number of nitrogens with zero attached hydrogens (tertiary/aromatic N) is 2. The average molecular weight is 155 g/mol. The fourth-order valence-corrected chi connectivity index (χ4v) is 0.699. The number of hydrazone groups is 2. The first-order valence-corrected chi connectivity index (χ1v) is 3.66. The average Bonchev–Trinajstić information content (AvgIpc) is 2.05. The molecule has 5 heteroatoms. The molecule has 11 heavy (non-hydrogen) atoms. The molecule has 0 aliphatic carbocycles. The van der Waals surface area contributed by atoms with Gasteiger partial charge >= 0.3 is 0 Å². The molecule has 1 rings (SSSR count). The number of nitrogens with two attached hydrogens (primary N) is 1. The highest BCUT2D eigenvalue weighted by molar-refractivity contribution is 5.90. The summed E-state index contributed by atoms with van der Waals surface area (Å²) in [4.78, 5) is 0. The van der Waals surface area contributed by atoms with E-state index >= 15 is 0 Å². The van der Waals surface area contributed by atoms with Crippen LogP contribution >= 0.6 is 0 Å². The summed E-state index contributed by atoms with van der Waals surface area (Å²) in [6, 6.07) is 0. The van der Waals surface area contributed by atoms with E-state index in [1.54, 1.807) is 0 Å². The Labute approximate surface area is 65.7 Å². The Bertz CT molecular complexity index is 195. The third-order valence-electron chi connectivity index (χ3n) is 1.66. The summed E-state index contributed by atoms with van der Waals surface area (Å²) >= 11 is 0. The van der Waals surface area contributed by atoms with Crippen LogP contribution in [0.15, 0.2) is 10.2 Å². The number of amidine groups is 1. The standard InChI is InChI=1S/C6H13N5/c1-3-4(2)5-8-10-6(7)11-9-5/h4H,3H2,1-2H3,(H,8,9)(H3,7,10,11)/t4-/m1/s1. The van der Waals surface area contributed by atoms with E-state index in [4.69, 9.17) is 5.73 Å². The van der Waals surface area contributed by atoms with E-state index in [2.05, 4.69) is 34.9 Å². The van der Waals surface area contributed by atoms with Crippen LogP contribution in [0.3, 0.4) is 0 Å². The van der Waals surface area contributed by atoms with Crippen LogP contribution in [-0.2, 0) is 0 Å². The molecule has 0 amide bonds. The normalized spacial score (nSPS) is 19.1. The Hall–Kier alpha value is -1.26. The van der Waals surface area contributed by atoms with E-state index < -0.39 is 0 Å². The molecule has 1 aliphatic rings. The molecular weight excluding hydrogens is 142 g/mol. The maximum Gasteiger partial charge on any atom is 0.232 e. The number of rotatable bonds is 2. The van der Waals surface area contributed by atoms with E-state index in [-0.39, 0.29) is 0 Å². The van der Waals surface area contributed by atoms with Gasteiger partial charge in [-0.3, -0.25) is 5.43 Å². The van der Waals surface area contributed by atoms with E-state index in [0.717, 1.165) is 12.3 Å². The van der Waals surface area contributed by atoms with Gasteiger partial charge in [0.2, 0.25) is 5.96 Å². The molecule has 0 unspecified atom stereocenters. The molecular formula is C6H13N5. The van der Waals surface area contributed by atoms with Crippen LogP contribution in [0.4, 0.5) is 0 Å². The van der Waals surface area contributed by atoms with Gasteiger partial charge in [0.05, 0.1) is 0 Å². The van der Waals surface area contributed by atoms with Crippen molar-refractivity contribution < 1.29 is 0 Å². The lowest BCUT2D eigenvalue weighted by molar-refractivity contribution is 0.683. The van der Waals surface area contributed by atoms with Gasteiger partial charge in [-0.25, -0.2) is 5.43 Å². The fourth-order valence-electron chi connectivity index (χ4n) is 0.699. The third-order valence-corrected chi connectivity index (χ3v) is 1.66. The van der Waals surface area contributed by atoms with Crippen molar-refractivity contribution in [3.05, 3.63) is 0 Å². The number of hydrogen-bond acceptors (Lipinski definition) is 5. The molecule has 1 heterocycles. The van der Waals surface area contributed by atoms with Crippen molar-refractivity contribution in [1.29, 1.82) is 0 Å². The second-order valence-electron chi connectivity index (χ2n) is 2.53. The van der Waals surface area contributed by atoms with Crippen molar-refractivity contribution in [1.82, 2.24) is 10.9 Å². The summed E-state index contributed by atoms with van der Waals surface area (Å²) in [6.45, 7) is 4.17. The van der Waals surface area contributed by atoms with Crippen molar-refractivity contribution in [3.63, 3.8) is 0 Å². The van der Waals surface area contributed by atoms with Gasteiger partial charge in [-0.2, -0.15) is 5.10 Å². The molecule has 62 valence electrons. The molecule has 1 atom stereocenters. The summed E-state index contributed by atoms with van der Waals surface area (Å²) in [5.41, 5.74) is 10.7. The van der Waals surface area contributed by atoms with Crippen molar-refractivity contribution in [2.45, 2.75) is 20.3 Å². The predicted molar refractivity (Wildman–Crippen MR) is 44.8 cm³/mol. The predicted octanol–water partition coefficient (Wildman–Crippen LogP) is -0.231. The second kappa shape index (κ2) is 3.23. The molecule has 0 radical (unpaired) electrons. The molecule has 0 saturated carbocycles. The fraction of sp³-hybridized carbons (Fsp3) is 0.667. The Morgan fingerprint density at radius 2 is 2.18 bits per heavy atom. The van der Waals surface area contributed by atoms with Gasteiger partial charge < -0.3 is 5.73 Å². The molecule has 0 spiro atoms. The molecule has 0 aromatic rings. The Morgan fingerprint density at radius 1 is 1.45 bits per heavy atom. The first-order chi connectivity index (χ1) is 5.24. The number of guanidine groups is 1. The lowest BCUT2D eigenvalue weighted by Crippen LogP contribution is -2.40. The quantitative estimate of drug-likeness (QED) is 0.515. The summed E-state index contributed by atoms with van der Waals surface area (Å²) in [6.07, 6.45) is 1.03. The number of hydrogen-bond donors (Lipinski definition) is 3. The first kappa shape index (κ1) is 7.84. The minimum Gasteiger partial charge on any atom is -0.367 e. The minimum atomic E-state index is 0.303. The largest absolute Gasteiger partial charge is 0.367 e. The monoisotopic (exact) mass is 155 g/mol. The molecule has 0 aromatic carbocycles. The van der Waals surface area contributed by atoms with Crippen molar-refractivity contribution in [2.75, 3.05) is 0 Å². The molecule has 0 aromatic heterocycles. The summed E-state index contributed by atoms with van der Waals surface area (Å²) in [5, 5.41) is 7.76. The van der Waals surface area contributed by atoms with Gasteiger partial charge in [-0.15, -0.1) is 5.10 Å². The van der Waals surface area contributed by atoms with E-state index in [1.165, 1.54) is 0 Å². The SMILES string of the molecule is CC[C@@H](C)C1=NNC(N)=NN1. The van der Waals surface area contributed by atoms with Crippen molar-refractivity contribution in [3.8, 4) is 0 Å². The first-order valence-electron chi connectivity index (χ1n) is 3.66. The summed E-state index contributed by atoms with van der Waals surface area (Å²) in [7, 11) is 0. The Balaban J connectivity index is 2.51. The highest BCUT2D eigenvalue weighted by atomic mass is 15.5. The third kappa shape index (κ3) is 1.83. The zero-order valence-electron chi connectivity index (χ0n) is 6.76. The van der Waals surface area contributed by atoms with Crippen LogP contribution in [0.1, 0.15) is 20.3 Å². The smallest absolute Gasteiger partial charge is 0.232 e. The van der Waals surface area contributed by atoms with Crippen LogP contribution in [0, 0.1) is 5.92 Å². The van der Waals surface area contributed by atoms with E-state index in [1.807, 2.05) is 0 Å². The zero-order valence-corrected chi connectivity index (χ0v) is 6.76. The molecule has 0 fully saturated rings. The molecule has 0 bridgehead atoms. The Morgan fingerprint density at radius 3 is 2.64 bits per heavy atom. The molecule has 5 nitrogen and oxygen atoms in total. The Kier molecular flexibility index (Phi) is 2.30. The molecule has 1 aliphatic heterocycles. The van der Waals surface area contributed by atoms with Crippen LogP contribution in [0.5, 0.6) is 0 Å². The van der Waals surface area contributed by atoms with Gasteiger partial charge in [0, 0.05) is 5.92 Å². The van der Waals surface area contributed by atoms with Gasteiger partial charge in [0.15, 0.2) is 0 Å². The molecule has 0 saturated heterocycles. The van der Waals surface area contributed by atoms with Gasteiger partial charge in [0.25, 0.3) is 0 Å². The summed E-state index contributed by atoms with van der Waals surface area (Å²) in [5.74, 6) is 1.53. The van der Waals surface area contributed by atoms with Crippen molar-refractivity contribution >= 4 is 11.8 Å². The second-order valence-corrected chi connectivity index (χ2v) is 2.53. The van der Waals surface area contributed by atoms with E-state index in [9.17, 15) is 0 Å². The number of nitrogens with one attached hydrogen (secondary N) is 2. The van der Waals surface area contributed by atoms with E-state index in [0.29, 0.717) is 11.9 Å². The maximum absolute atomic E-state index is 5.31. The van der Waals surface area contributed by atoms with Gasteiger partial charge in [-0.05, 0) is 6.42 Å². The van der Waals surface area contributed by atoms with Crippen LogP contribution in [0.25, 0.3) is 0 Å². The lowest BCUT2D eigenvalue weighted by Gasteiger charge is -2.15. The van der Waals surface area contributed by atoms with Crippen LogP contribution in [-0.4, -0.2) is 11.8 Å². The zero-order chi connectivity index (χ0) is 8.27. The highest BCUT2D eigenvalue weighted by Crippen LogP contribution is 2.02. The van der Waals surface area contributed by atoms with Crippen LogP contribution < -0.4 is 16.6 Å². The van der Waals surface area contributed by atoms with Crippen LogP contribution in [0.2, 0.25) is 0 Å². The highest BCUT2D eigenvalue weighted by Gasteiger charge is 2.10. The minimum absolute atomic E-state index is 0.303. The maximum atomic E-state index is 5.31. The van der Waals surface area contributed by atoms with Gasteiger partial charge in [-0.1, -0.05) is 13.8 Å². The summed E-state index contributed by atoms with van der Waals surface area (Å²) < 4.78 is 0. The van der Waals surface area contributed by atoms with Gasteiger partial charge in [0.1, 0.15) is 5.84 Å². The molecule has 4 N–H and O–H groups in total. The lowest BCUT2D eigenvalue weighted by atomic mass is 10.1. The topological polar surface area (TPSA) is 74.8 Å².